The van der Waals surface area contributed by atoms with Crippen LogP contribution in [0.1, 0.15) is 23.4 Å². The zero-order valence-electron chi connectivity index (χ0n) is 10.0. The molecule has 2 aromatic rings. The van der Waals surface area contributed by atoms with Crippen LogP contribution in [0.15, 0.2) is 40.2 Å². The van der Waals surface area contributed by atoms with Gasteiger partial charge in [-0.15, -0.1) is 11.3 Å². The molecule has 0 radical (unpaired) electrons. The van der Waals surface area contributed by atoms with Crippen LogP contribution in [0, 0.1) is 0 Å². The molecule has 1 heterocycles. The Morgan fingerprint density at radius 2 is 2.17 bits per heavy atom. The summed E-state index contributed by atoms with van der Waals surface area (Å²) in [4.78, 5) is 1.14. The van der Waals surface area contributed by atoms with Gasteiger partial charge in [-0.2, -0.15) is 0 Å². The first-order valence-electron chi connectivity index (χ1n) is 5.68. The highest BCUT2D eigenvalue weighted by Crippen LogP contribution is 2.36. The van der Waals surface area contributed by atoms with E-state index in [1.807, 2.05) is 42.6 Å². The monoisotopic (exact) mass is 326 g/mol. The second-order valence-corrected chi connectivity index (χ2v) is 5.51. The van der Waals surface area contributed by atoms with E-state index in [2.05, 4.69) is 21.4 Å². The third kappa shape index (κ3) is 2.75. The Labute approximate surface area is 119 Å². The number of hydrogen-bond acceptors (Lipinski definition) is 4. The molecule has 0 aliphatic rings. The van der Waals surface area contributed by atoms with Gasteiger partial charge in [-0.3, -0.25) is 5.84 Å². The summed E-state index contributed by atoms with van der Waals surface area (Å²) < 4.78 is 6.71. The molecule has 1 aromatic carbocycles. The first-order chi connectivity index (χ1) is 8.77. The van der Waals surface area contributed by atoms with Crippen molar-refractivity contribution in [2.24, 2.45) is 5.84 Å². The highest BCUT2D eigenvalue weighted by molar-refractivity contribution is 9.10. The summed E-state index contributed by atoms with van der Waals surface area (Å²) in [5.41, 5.74) is 3.91. The molecule has 96 valence electrons. The number of nitrogens with two attached hydrogens (primary N) is 1. The number of thiophene rings is 1. The van der Waals surface area contributed by atoms with Crippen molar-refractivity contribution in [2.75, 3.05) is 6.61 Å². The number of hydrogen-bond donors (Lipinski definition) is 2. The molecule has 0 fully saturated rings. The van der Waals surface area contributed by atoms with E-state index in [1.165, 1.54) is 0 Å². The molecule has 2 rings (SSSR count). The lowest BCUT2D eigenvalue weighted by atomic mass is 10.0. The predicted octanol–water partition coefficient (Wildman–Crippen LogP) is 3.46. The molecular weight excluding hydrogens is 312 g/mol. The van der Waals surface area contributed by atoms with Gasteiger partial charge in [0.2, 0.25) is 0 Å². The summed E-state index contributed by atoms with van der Waals surface area (Å²) >= 11 is 5.20. The van der Waals surface area contributed by atoms with Crippen molar-refractivity contribution < 1.29 is 4.74 Å². The molecule has 0 amide bonds. The zero-order valence-corrected chi connectivity index (χ0v) is 12.4. The van der Waals surface area contributed by atoms with Gasteiger partial charge in [0.25, 0.3) is 0 Å². The van der Waals surface area contributed by atoms with E-state index in [9.17, 15) is 0 Å². The van der Waals surface area contributed by atoms with Gasteiger partial charge in [-0.25, -0.2) is 5.43 Å². The minimum absolute atomic E-state index is 0.0675. The predicted molar refractivity (Wildman–Crippen MR) is 78.8 cm³/mol. The summed E-state index contributed by atoms with van der Waals surface area (Å²) in [5, 5.41) is 2.03. The zero-order chi connectivity index (χ0) is 13.0. The Bertz CT molecular complexity index is 515. The number of benzene rings is 1. The summed E-state index contributed by atoms with van der Waals surface area (Å²) in [6.45, 7) is 2.61. The van der Waals surface area contributed by atoms with Gasteiger partial charge in [0.1, 0.15) is 5.75 Å². The number of halogens is 1. The molecule has 0 aliphatic carbocycles. The third-order valence-electron chi connectivity index (χ3n) is 2.60. The van der Waals surface area contributed by atoms with Crippen molar-refractivity contribution in [1.29, 1.82) is 0 Å². The van der Waals surface area contributed by atoms with Crippen molar-refractivity contribution in [3.8, 4) is 5.75 Å². The van der Waals surface area contributed by atoms with E-state index in [0.29, 0.717) is 6.61 Å². The Hall–Kier alpha value is -0.880. The van der Waals surface area contributed by atoms with Gasteiger partial charge in [0.05, 0.1) is 12.6 Å². The lowest BCUT2D eigenvalue weighted by Crippen LogP contribution is -2.28. The van der Waals surface area contributed by atoms with Crippen LogP contribution in [0.25, 0.3) is 0 Å². The molecule has 0 bridgehead atoms. The van der Waals surface area contributed by atoms with E-state index in [0.717, 1.165) is 20.7 Å². The normalized spacial score (nSPS) is 12.4. The lowest BCUT2D eigenvalue weighted by molar-refractivity contribution is 0.333. The van der Waals surface area contributed by atoms with Gasteiger partial charge in [0, 0.05) is 14.9 Å². The van der Waals surface area contributed by atoms with Crippen LogP contribution in [-0.2, 0) is 0 Å². The Balaban J connectivity index is 2.42. The summed E-state index contributed by atoms with van der Waals surface area (Å²) in [6.07, 6.45) is 0. The van der Waals surface area contributed by atoms with E-state index < -0.39 is 0 Å². The second-order valence-electron chi connectivity index (χ2n) is 3.70. The molecule has 0 spiro atoms. The number of rotatable bonds is 5. The van der Waals surface area contributed by atoms with E-state index >= 15 is 0 Å². The quantitative estimate of drug-likeness (QED) is 0.653. The van der Waals surface area contributed by atoms with Gasteiger partial charge in [-0.05, 0) is 40.4 Å². The highest BCUT2D eigenvalue weighted by Gasteiger charge is 2.20. The van der Waals surface area contributed by atoms with Crippen LogP contribution < -0.4 is 16.0 Å². The molecule has 1 aromatic heterocycles. The van der Waals surface area contributed by atoms with Crippen molar-refractivity contribution >= 4 is 27.3 Å². The summed E-state index contributed by atoms with van der Waals surface area (Å²) in [7, 11) is 0. The van der Waals surface area contributed by atoms with Crippen molar-refractivity contribution in [3.05, 3.63) is 50.6 Å². The number of ether oxygens (including phenoxy) is 1. The fourth-order valence-corrected chi connectivity index (χ4v) is 3.50. The second kappa shape index (κ2) is 6.33. The molecule has 0 aliphatic heterocycles. The lowest BCUT2D eigenvalue weighted by Gasteiger charge is -2.19. The average Bonchev–Trinajstić information content (AvgIpc) is 2.79. The van der Waals surface area contributed by atoms with Crippen molar-refractivity contribution in [1.82, 2.24) is 5.43 Å². The largest absolute Gasteiger partial charge is 0.494 e. The fourth-order valence-electron chi connectivity index (χ4n) is 1.82. The van der Waals surface area contributed by atoms with Crippen LogP contribution in [-0.4, -0.2) is 6.61 Å². The standard InChI is InChI=1S/C13H15BrN2OS/c1-2-17-11-6-4-3-5-9(11)12(16-15)13-10(14)7-8-18-13/h3-8,12,16H,2,15H2,1H3. The maximum absolute atomic E-state index is 5.71. The highest BCUT2D eigenvalue weighted by atomic mass is 79.9. The molecule has 0 saturated heterocycles. The van der Waals surface area contributed by atoms with Crippen molar-refractivity contribution in [2.45, 2.75) is 13.0 Å². The van der Waals surface area contributed by atoms with Gasteiger partial charge >= 0.3 is 0 Å². The number of hydrazine groups is 1. The van der Waals surface area contributed by atoms with Crippen LogP contribution in [0.5, 0.6) is 5.75 Å². The van der Waals surface area contributed by atoms with Gasteiger partial charge < -0.3 is 4.74 Å². The molecule has 1 unspecified atom stereocenters. The minimum Gasteiger partial charge on any atom is -0.494 e. The van der Waals surface area contributed by atoms with E-state index in [1.54, 1.807) is 11.3 Å². The van der Waals surface area contributed by atoms with Gasteiger partial charge in [-0.1, -0.05) is 18.2 Å². The number of nitrogens with one attached hydrogen (secondary N) is 1. The van der Waals surface area contributed by atoms with E-state index in [4.69, 9.17) is 10.6 Å². The first-order valence-corrected chi connectivity index (χ1v) is 7.36. The molecule has 1 atom stereocenters. The van der Waals surface area contributed by atoms with Crippen LogP contribution in [0.4, 0.5) is 0 Å². The Morgan fingerprint density at radius 3 is 2.78 bits per heavy atom. The molecule has 5 heteroatoms. The fraction of sp³-hybridized carbons (Fsp3) is 0.231. The van der Waals surface area contributed by atoms with Crippen LogP contribution in [0.2, 0.25) is 0 Å². The summed E-state index contributed by atoms with van der Waals surface area (Å²) in [6, 6.07) is 9.90. The maximum atomic E-state index is 5.71. The third-order valence-corrected chi connectivity index (χ3v) is 4.54. The Morgan fingerprint density at radius 1 is 1.39 bits per heavy atom. The molecule has 0 saturated carbocycles. The smallest absolute Gasteiger partial charge is 0.124 e. The SMILES string of the molecule is CCOc1ccccc1C(NN)c1sccc1Br. The molecule has 3 N–H and O–H groups in total. The summed E-state index contributed by atoms with van der Waals surface area (Å²) in [5.74, 6) is 6.57. The molecule has 3 nitrogen and oxygen atoms in total. The number of para-hydroxylation sites is 1. The average molecular weight is 327 g/mol. The topological polar surface area (TPSA) is 47.3 Å². The minimum atomic E-state index is -0.0675. The van der Waals surface area contributed by atoms with Crippen LogP contribution >= 0.6 is 27.3 Å². The van der Waals surface area contributed by atoms with Crippen LogP contribution in [0.3, 0.4) is 0 Å². The van der Waals surface area contributed by atoms with Crippen molar-refractivity contribution in [3.63, 3.8) is 0 Å². The molecule has 18 heavy (non-hydrogen) atoms. The van der Waals surface area contributed by atoms with Gasteiger partial charge in [0.15, 0.2) is 0 Å². The maximum Gasteiger partial charge on any atom is 0.124 e. The van der Waals surface area contributed by atoms with E-state index in [-0.39, 0.29) is 6.04 Å². The first kappa shape index (κ1) is 13.5. The molecular formula is C13H15BrN2OS. The Kier molecular flexibility index (Phi) is 4.77.